The molecule has 0 saturated heterocycles. The number of nitrogens with two attached hydrogens (primary N) is 1. The van der Waals surface area contributed by atoms with Gasteiger partial charge >= 0.3 is 0 Å². The van der Waals surface area contributed by atoms with E-state index in [0.29, 0.717) is 11.5 Å². The predicted octanol–water partition coefficient (Wildman–Crippen LogP) is 2.73. The number of hydrogen-bond acceptors (Lipinski definition) is 3. The van der Waals surface area contributed by atoms with Gasteiger partial charge in [0.2, 0.25) is 10.0 Å². The molecule has 0 fully saturated rings. The smallest absolute Gasteiger partial charge is 0.238 e. The van der Waals surface area contributed by atoms with Crippen molar-refractivity contribution in [3.8, 4) is 11.5 Å². The minimum atomic E-state index is -3.65. The average Bonchev–Trinajstić information content (AvgIpc) is 2.32. The highest BCUT2D eigenvalue weighted by Gasteiger charge is 2.07. The zero-order valence-corrected chi connectivity index (χ0v) is 12.2. The van der Waals surface area contributed by atoms with Gasteiger partial charge in [0.1, 0.15) is 11.5 Å². The van der Waals surface area contributed by atoms with Gasteiger partial charge in [0.15, 0.2) is 0 Å². The topological polar surface area (TPSA) is 69.4 Å². The van der Waals surface area contributed by atoms with Crippen LogP contribution in [-0.2, 0) is 10.0 Å². The second-order valence-electron chi connectivity index (χ2n) is 3.57. The first-order valence-electron chi connectivity index (χ1n) is 5.01. The minimum Gasteiger partial charge on any atom is -0.457 e. The molecule has 0 aliphatic carbocycles. The summed E-state index contributed by atoms with van der Waals surface area (Å²) in [5.41, 5.74) is 0. The van der Waals surface area contributed by atoms with Crippen molar-refractivity contribution in [3.05, 3.63) is 52.1 Å². The van der Waals surface area contributed by atoms with E-state index in [1.54, 1.807) is 12.1 Å². The van der Waals surface area contributed by atoms with Crippen LogP contribution < -0.4 is 9.88 Å². The van der Waals surface area contributed by atoms with E-state index >= 15 is 0 Å². The van der Waals surface area contributed by atoms with E-state index in [1.165, 1.54) is 12.1 Å². The first-order chi connectivity index (χ1) is 8.45. The Kier molecular flexibility index (Phi) is 3.88. The molecule has 2 N–H and O–H groups in total. The summed E-state index contributed by atoms with van der Waals surface area (Å²) >= 11 is 2.20. The monoisotopic (exact) mass is 375 g/mol. The summed E-state index contributed by atoms with van der Waals surface area (Å²) in [4.78, 5) is 0.0671. The SMILES string of the molecule is NS(=O)(=O)c1ccc(Oc2ccc(I)cc2)cc1. The lowest BCUT2D eigenvalue weighted by molar-refractivity contribution is 0.482. The third-order valence-electron chi connectivity index (χ3n) is 2.20. The van der Waals surface area contributed by atoms with Gasteiger partial charge in [-0.2, -0.15) is 0 Å². The van der Waals surface area contributed by atoms with Crippen LogP contribution in [0.3, 0.4) is 0 Å². The van der Waals surface area contributed by atoms with Gasteiger partial charge in [-0.25, -0.2) is 13.6 Å². The Hall–Kier alpha value is -1.12. The van der Waals surface area contributed by atoms with E-state index in [0.717, 1.165) is 3.57 Å². The van der Waals surface area contributed by atoms with E-state index in [2.05, 4.69) is 22.6 Å². The van der Waals surface area contributed by atoms with Crippen molar-refractivity contribution in [1.29, 1.82) is 0 Å². The summed E-state index contributed by atoms with van der Waals surface area (Å²) < 4.78 is 28.8. The fraction of sp³-hybridized carbons (Fsp3) is 0. The number of ether oxygens (including phenoxy) is 1. The van der Waals surface area contributed by atoms with Crippen LogP contribution in [0.1, 0.15) is 0 Å². The molecule has 0 aliphatic rings. The Morgan fingerprint density at radius 1 is 0.889 bits per heavy atom. The van der Waals surface area contributed by atoms with Gasteiger partial charge in [-0.3, -0.25) is 0 Å². The van der Waals surface area contributed by atoms with E-state index < -0.39 is 10.0 Å². The van der Waals surface area contributed by atoms with Crippen LogP contribution in [0, 0.1) is 3.57 Å². The molecule has 6 heteroatoms. The van der Waals surface area contributed by atoms with Gasteiger partial charge in [-0.05, 0) is 71.1 Å². The molecule has 2 rings (SSSR count). The quantitative estimate of drug-likeness (QED) is 0.839. The molecule has 0 unspecified atom stereocenters. The molecule has 0 heterocycles. The molecule has 0 amide bonds. The molecule has 2 aromatic rings. The third-order valence-corrected chi connectivity index (χ3v) is 3.85. The number of hydrogen-bond donors (Lipinski definition) is 1. The maximum atomic E-state index is 11.1. The first-order valence-corrected chi connectivity index (χ1v) is 7.64. The van der Waals surface area contributed by atoms with Crippen molar-refractivity contribution < 1.29 is 13.2 Å². The van der Waals surface area contributed by atoms with Gasteiger partial charge < -0.3 is 4.74 Å². The molecule has 0 aromatic heterocycles. The van der Waals surface area contributed by atoms with Crippen molar-refractivity contribution in [2.24, 2.45) is 5.14 Å². The molecule has 0 spiro atoms. The van der Waals surface area contributed by atoms with Crippen molar-refractivity contribution in [2.75, 3.05) is 0 Å². The van der Waals surface area contributed by atoms with Gasteiger partial charge in [0.05, 0.1) is 4.90 Å². The minimum absolute atomic E-state index is 0.0671. The Morgan fingerprint density at radius 2 is 1.33 bits per heavy atom. The molecular formula is C12H10INO3S. The Balaban J connectivity index is 2.18. The van der Waals surface area contributed by atoms with Crippen LogP contribution in [0.2, 0.25) is 0 Å². The average molecular weight is 375 g/mol. The van der Waals surface area contributed by atoms with Gasteiger partial charge in [0, 0.05) is 3.57 Å². The van der Waals surface area contributed by atoms with Crippen molar-refractivity contribution in [2.45, 2.75) is 4.90 Å². The molecule has 0 aliphatic heterocycles. The van der Waals surface area contributed by atoms with Crippen LogP contribution in [0.15, 0.2) is 53.4 Å². The fourth-order valence-electron chi connectivity index (χ4n) is 1.34. The lowest BCUT2D eigenvalue weighted by Crippen LogP contribution is -2.11. The molecule has 0 bridgehead atoms. The zero-order chi connectivity index (χ0) is 13.2. The number of rotatable bonds is 3. The molecule has 0 saturated carbocycles. The number of primary sulfonamides is 1. The second-order valence-corrected chi connectivity index (χ2v) is 6.38. The standard InChI is InChI=1S/C12H10INO3S/c13-9-1-3-10(4-2-9)17-11-5-7-12(8-6-11)18(14,15)16/h1-8H,(H2,14,15,16). The number of halogens is 1. The highest BCUT2D eigenvalue weighted by molar-refractivity contribution is 14.1. The molecular weight excluding hydrogens is 365 g/mol. The molecule has 4 nitrogen and oxygen atoms in total. The Labute approximate surface area is 119 Å². The molecule has 0 radical (unpaired) electrons. The van der Waals surface area contributed by atoms with Gasteiger partial charge in [0.25, 0.3) is 0 Å². The molecule has 0 atom stereocenters. The van der Waals surface area contributed by atoms with Crippen LogP contribution in [0.5, 0.6) is 11.5 Å². The van der Waals surface area contributed by atoms with Crippen LogP contribution >= 0.6 is 22.6 Å². The van der Waals surface area contributed by atoms with E-state index in [-0.39, 0.29) is 4.90 Å². The van der Waals surface area contributed by atoms with Gasteiger partial charge in [-0.15, -0.1) is 0 Å². The van der Waals surface area contributed by atoms with Crippen LogP contribution in [0.25, 0.3) is 0 Å². The Morgan fingerprint density at radius 3 is 1.78 bits per heavy atom. The lowest BCUT2D eigenvalue weighted by Gasteiger charge is -2.06. The van der Waals surface area contributed by atoms with E-state index in [9.17, 15) is 8.42 Å². The summed E-state index contributed by atoms with van der Waals surface area (Å²) in [7, 11) is -3.65. The summed E-state index contributed by atoms with van der Waals surface area (Å²) in [5, 5.41) is 5.01. The van der Waals surface area contributed by atoms with Crippen LogP contribution in [-0.4, -0.2) is 8.42 Å². The molecule has 18 heavy (non-hydrogen) atoms. The maximum Gasteiger partial charge on any atom is 0.238 e. The number of benzene rings is 2. The number of sulfonamides is 1. The third kappa shape index (κ3) is 3.44. The molecule has 94 valence electrons. The predicted molar refractivity (Wildman–Crippen MR) is 77.0 cm³/mol. The summed E-state index contributed by atoms with van der Waals surface area (Å²) in [5.74, 6) is 1.25. The summed E-state index contributed by atoms with van der Waals surface area (Å²) in [6.07, 6.45) is 0. The van der Waals surface area contributed by atoms with E-state index in [1.807, 2.05) is 24.3 Å². The highest BCUT2D eigenvalue weighted by atomic mass is 127. The van der Waals surface area contributed by atoms with E-state index in [4.69, 9.17) is 9.88 Å². The highest BCUT2D eigenvalue weighted by Crippen LogP contribution is 2.23. The fourth-order valence-corrected chi connectivity index (χ4v) is 2.21. The van der Waals surface area contributed by atoms with Crippen LogP contribution in [0.4, 0.5) is 0 Å². The van der Waals surface area contributed by atoms with Crippen molar-refractivity contribution in [3.63, 3.8) is 0 Å². The zero-order valence-electron chi connectivity index (χ0n) is 9.21. The maximum absolute atomic E-state index is 11.1. The van der Waals surface area contributed by atoms with Gasteiger partial charge in [-0.1, -0.05) is 0 Å². The lowest BCUT2D eigenvalue weighted by atomic mass is 10.3. The molecule has 2 aromatic carbocycles. The Bertz CT molecular complexity index is 636. The van der Waals surface area contributed by atoms with Crippen molar-refractivity contribution >= 4 is 32.6 Å². The largest absolute Gasteiger partial charge is 0.457 e. The second kappa shape index (κ2) is 5.25. The summed E-state index contributed by atoms with van der Waals surface area (Å²) in [6.45, 7) is 0. The summed E-state index contributed by atoms with van der Waals surface area (Å²) in [6, 6.07) is 13.5. The van der Waals surface area contributed by atoms with Crippen molar-refractivity contribution in [1.82, 2.24) is 0 Å². The first kappa shape index (κ1) is 13.3. The normalized spacial score (nSPS) is 11.2.